The molecule has 0 bridgehead atoms. The van der Waals surface area contributed by atoms with Gasteiger partial charge in [-0.25, -0.2) is 4.98 Å². The monoisotopic (exact) mass is 220 g/mol. The summed E-state index contributed by atoms with van der Waals surface area (Å²) >= 11 is 7.13. The van der Waals surface area contributed by atoms with E-state index in [0.717, 1.165) is 24.5 Å². The summed E-state index contributed by atoms with van der Waals surface area (Å²) in [5.41, 5.74) is 0. The zero-order valence-corrected chi connectivity index (χ0v) is 9.03. The first kappa shape index (κ1) is 10.8. The predicted octanol–water partition coefficient (Wildman–Crippen LogP) is 2.37. The van der Waals surface area contributed by atoms with Gasteiger partial charge in [0, 0.05) is 11.9 Å². The minimum atomic E-state index is -0.221. The van der Waals surface area contributed by atoms with Crippen molar-refractivity contribution >= 4 is 28.1 Å². The first-order valence-corrected chi connectivity index (χ1v) is 5.47. The Bertz CT molecular complexity index is 252. The van der Waals surface area contributed by atoms with Crippen LogP contribution in [0.15, 0.2) is 5.38 Å². The second-order valence-electron chi connectivity index (χ2n) is 2.89. The van der Waals surface area contributed by atoms with Crippen molar-refractivity contribution in [2.24, 2.45) is 0 Å². The molecule has 0 fully saturated rings. The lowest BCUT2D eigenvalue weighted by Crippen LogP contribution is -2.06. The van der Waals surface area contributed by atoms with Gasteiger partial charge in [0.1, 0.15) is 5.15 Å². The van der Waals surface area contributed by atoms with Crippen LogP contribution in [0, 0.1) is 0 Å². The Morgan fingerprint density at radius 1 is 1.77 bits per heavy atom. The lowest BCUT2D eigenvalue weighted by molar-refractivity contribution is 0.183. The van der Waals surface area contributed by atoms with E-state index in [-0.39, 0.29) is 6.10 Å². The smallest absolute Gasteiger partial charge is 0.184 e. The maximum atomic E-state index is 8.99. The zero-order valence-electron chi connectivity index (χ0n) is 7.46. The number of aliphatic hydroxyl groups excluding tert-OH is 1. The van der Waals surface area contributed by atoms with Gasteiger partial charge in [-0.05, 0) is 19.8 Å². The van der Waals surface area contributed by atoms with Gasteiger partial charge in [0.2, 0.25) is 0 Å². The molecule has 0 radical (unpaired) electrons. The van der Waals surface area contributed by atoms with E-state index in [9.17, 15) is 0 Å². The molecule has 1 aromatic rings. The second-order valence-corrected chi connectivity index (χ2v) is 4.14. The lowest BCUT2D eigenvalue weighted by Gasteiger charge is -2.04. The van der Waals surface area contributed by atoms with Gasteiger partial charge in [-0.15, -0.1) is 11.3 Å². The molecule has 0 saturated carbocycles. The Morgan fingerprint density at radius 3 is 3.08 bits per heavy atom. The molecule has 74 valence electrons. The number of hydrogen-bond acceptors (Lipinski definition) is 4. The maximum Gasteiger partial charge on any atom is 0.184 e. The van der Waals surface area contributed by atoms with Gasteiger partial charge in [0.15, 0.2) is 5.13 Å². The summed E-state index contributed by atoms with van der Waals surface area (Å²) in [7, 11) is 0. The number of halogens is 1. The highest BCUT2D eigenvalue weighted by Gasteiger charge is 1.99. The third kappa shape index (κ3) is 4.45. The summed E-state index contributed by atoms with van der Waals surface area (Å²) in [5, 5.41) is 15.3. The van der Waals surface area contributed by atoms with Crippen LogP contribution >= 0.6 is 22.9 Å². The lowest BCUT2D eigenvalue weighted by atomic mass is 10.2. The average Bonchev–Trinajstić information content (AvgIpc) is 2.45. The summed E-state index contributed by atoms with van der Waals surface area (Å²) in [6.07, 6.45) is 1.53. The molecule has 1 heterocycles. The quantitative estimate of drug-likeness (QED) is 0.749. The van der Waals surface area contributed by atoms with E-state index in [2.05, 4.69) is 10.3 Å². The van der Waals surface area contributed by atoms with Crippen LogP contribution in [-0.2, 0) is 0 Å². The molecule has 1 aromatic heterocycles. The van der Waals surface area contributed by atoms with Crippen LogP contribution in [0.4, 0.5) is 5.13 Å². The molecule has 0 saturated heterocycles. The zero-order chi connectivity index (χ0) is 9.68. The minimum Gasteiger partial charge on any atom is -0.393 e. The molecule has 0 spiro atoms. The fourth-order valence-electron chi connectivity index (χ4n) is 0.928. The molecule has 3 nitrogen and oxygen atoms in total. The van der Waals surface area contributed by atoms with Crippen molar-refractivity contribution in [2.45, 2.75) is 25.9 Å². The Balaban J connectivity index is 2.13. The first-order chi connectivity index (χ1) is 6.18. The molecule has 5 heteroatoms. The maximum absolute atomic E-state index is 8.99. The summed E-state index contributed by atoms with van der Waals surface area (Å²) in [5.74, 6) is 0. The van der Waals surface area contributed by atoms with E-state index < -0.39 is 0 Å². The molecule has 1 unspecified atom stereocenters. The molecule has 0 aromatic carbocycles. The third-order valence-electron chi connectivity index (χ3n) is 1.55. The normalized spacial score (nSPS) is 12.8. The molecule has 0 aliphatic rings. The molecule has 2 N–H and O–H groups in total. The number of nitrogens with one attached hydrogen (secondary N) is 1. The summed E-state index contributed by atoms with van der Waals surface area (Å²) < 4.78 is 0. The highest BCUT2D eigenvalue weighted by molar-refractivity contribution is 7.14. The Kier molecular flexibility index (Phi) is 4.48. The SMILES string of the molecule is CC(O)CCCNc1nc(Cl)cs1. The van der Waals surface area contributed by atoms with Gasteiger partial charge in [-0.2, -0.15) is 0 Å². The van der Waals surface area contributed by atoms with Crippen LogP contribution in [0.25, 0.3) is 0 Å². The molecule has 13 heavy (non-hydrogen) atoms. The van der Waals surface area contributed by atoms with E-state index in [1.54, 1.807) is 12.3 Å². The van der Waals surface area contributed by atoms with Crippen LogP contribution in [0.3, 0.4) is 0 Å². The molecule has 1 atom stereocenters. The van der Waals surface area contributed by atoms with Crippen LogP contribution in [0.1, 0.15) is 19.8 Å². The number of nitrogens with zero attached hydrogens (tertiary/aromatic N) is 1. The van der Waals surface area contributed by atoms with Crippen LogP contribution in [-0.4, -0.2) is 22.7 Å². The highest BCUT2D eigenvalue weighted by Crippen LogP contribution is 2.18. The van der Waals surface area contributed by atoms with Gasteiger partial charge in [0.05, 0.1) is 6.10 Å². The van der Waals surface area contributed by atoms with E-state index in [0.29, 0.717) is 5.15 Å². The largest absolute Gasteiger partial charge is 0.393 e. The van der Waals surface area contributed by atoms with E-state index in [1.165, 1.54) is 11.3 Å². The number of rotatable bonds is 5. The Labute approximate surface area is 86.8 Å². The number of aliphatic hydroxyl groups is 1. The fraction of sp³-hybridized carbons (Fsp3) is 0.625. The summed E-state index contributed by atoms with van der Waals surface area (Å²) in [6.45, 7) is 2.62. The van der Waals surface area contributed by atoms with Crippen molar-refractivity contribution in [3.8, 4) is 0 Å². The second kappa shape index (κ2) is 5.42. The topological polar surface area (TPSA) is 45.1 Å². The van der Waals surface area contributed by atoms with Crippen molar-refractivity contribution in [3.63, 3.8) is 0 Å². The van der Waals surface area contributed by atoms with Crippen molar-refractivity contribution in [1.29, 1.82) is 0 Å². The summed E-state index contributed by atoms with van der Waals surface area (Å²) in [6, 6.07) is 0. The highest BCUT2D eigenvalue weighted by atomic mass is 35.5. The van der Waals surface area contributed by atoms with Crippen molar-refractivity contribution < 1.29 is 5.11 Å². The molecular formula is C8H13ClN2OS. The van der Waals surface area contributed by atoms with Crippen molar-refractivity contribution in [2.75, 3.05) is 11.9 Å². The number of aromatic nitrogens is 1. The Morgan fingerprint density at radius 2 is 2.54 bits per heavy atom. The number of hydrogen-bond donors (Lipinski definition) is 2. The average molecular weight is 221 g/mol. The number of thiazole rings is 1. The van der Waals surface area contributed by atoms with Gasteiger partial charge >= 0.3 is 0 Å². The molecule has 0 aliphatic carbocycles. The summed E-state index contributed by atoms with van der Waals surface area (Å²) in [4.78, 5) is 4.04. The van der Waals surface area contributed by atoms with Gasteiger partial charge in [-0.3, -0.25) is 0 Å². The van der Waals surface area contributed by atoms with Crippen molar-refractivity contribution in [1.82, 2.24) is 4.98 Å². The van der Waals surface area contributed by atoms with Crippen LogP contribution in [0.5, 0.6) is 0 Å². The van der Waals surface area contributed by atoms with Crippen LogP contribution in [0.2, 0.25) is 5.15 Å². The van der Waals surface area contributed by atoms with Gasteiger partial charge in [-0.1, -0.05) is 11.6 Å². The predicted molar refractivity (Wildman–Crippen MR) is 56.5 cm³/mol. The van der Waals surface area contributed by atoms with Gasteiger partial charge in [0.25, 0.3) is 0 Å². The molecule has 0 amide bonds. The standard InChI is InChI=1S/C8H13ClN2OS/c1-6(12)3-2-4-10-8-11-7(9)5-13-8/h5-6,12H,2-4H2,1H3,(H,10,11). The first-order valence-electron chi connectivity index (χ1n) is 4.21. The van der Waals surface area contributed by atoms with E-state index in [1.807, 2.05) is 0 Å². The van der Waals surface area contributed by atoms with Crippen LogP contribution < -0.4 is 5.32 Å². The molecule has 0 aliphatic heterocycles. The van der Waals surface area contributed by atoms with E-state index >= 15 is 0 Å². The Hall–Kier alpha value is -0.320. The number of anilines is 1. The van der Waals surface area contributed by atoms with Crippen molar-refractivity contribution in [3.05, 3.63) is 10.5 Å². The third-order valence-corrected chi connectivity index (χ3v) is 2.67. The van der Waals surface area contributed by atoms with E-state index in [4.69, 9.17) is 16.7 Å². The molecular weight excluding hydrogens is 208 g/mol. The molecule has 1 rings (SSSR count). The minimum absolute atomic E-state index is 0.221. The fourth-order valence-corrected chi connectivity index (χ4v) is 1.79. The van der Waals surface area contributed by atoms with Gasteiger partial charge < -0.3 is 10.4 Å².